The lowest BCUT2D eigenvalue weighted by atomic mass is 9.83. The Morgan fingerprint density at radius 2 is 1.07 bits per heavy atom. The van der Waals surface area contributed by atoms with Gasteiger partial charge < -0.3 is 10.2 Å². The minimum Gasteiger partial charge on any atom is -0.396 e. The van der Waals surface area contributed by atoms with Crippen LogP contribution in [0.2, 0.25) is 0 Å². The second-order valence-electron chi connectivity index (χ2n) is 8.22. The van der Waals surface area contributed by atoms with Crippen LogP contribution in [0, 0.1) is 0 Å². The number of hydrogen-bond donors (Lipinski definition) is 2. The average molecular weight is 377 g/mol. The van der Waals surface area contributed by atoms with Crippen LogP contribution in [0.25, 0.3) is 0 Å². The highest BCUT2D eigenvalue weighted by molar-refractivity contribution is 5.22. The molecule has 0 heterocycles. The summed E-state index contributed by atoms with van der Waals surface area (Å²) < 4.78 is 0. The highest BCUT2D eigenvalue weighted by atomic mass is 16.3. The molecule has 1 aromatic carbocycles. The fourth-order valence-electron chi connectivity index (χ4n) is 3.95. The van der Waals surface area contributed by atoms with E-state index in [9.17, 15) is 5.11 Å². The predicted octanol–water partition coefficient (Wildman–Crippen LogP) is 7.13. The van der Waals surface area contributed by atoms with Gasteiger partial charge in [0.15, 0.2) is 0 Å². The summed E-state index contributed by atoms with van der Waals surface area (Å²) in [5, 5.41) is 20.2. The van der Waals surface area contributed by atoms with Gasteiger partial charge in [-0.3, -0.25) is 0 Å². The van der Waals surface area contributed by atoms with Crippen molar-refractivity contribution in [2.45, 2.75) is 115 Å². The van der Waals surface area contributed by atoms with Crippen molar-refractivity contribution in [2.75, 3.05) is 6.61 Å². The van der Waals surface area contributed by atoms with Crippen LogP contribution in [-0.4, -0.2) is 16.8 Å². The van der Waals surface area contributed by atoms with E-state index < -0.39 is 5.60 Å². The zero-order chi connectivity index (χ0) is 19.6. The lowest BCUT2D eigenvalue weighted by Crippen LogP contribution is -2.25. The Bertz CT molecular complexity index is 431. The quantitative estimate of drug-likeness (QED) is 0.268. The van der Waals surface area contributed by atoms with Gasteiger partial charge in [0, 0.05) is 6.61 Å². The summed E-state index contributed by atoms with van der Waals surface area (Å²) in [6.45, 7) is 2.58. The van der Waals surface area contributed by atoms with Crippen LogP contribution in [0.5, 0.6) is 0 Å². The number of aliphatic hydroxyl groups excluding tert-OH is 1. The van der Waals surface area contributed by atoms with E-state index in [1.807, 2.05) is 18.2 Å². The molecule has 1 unspecified atom stereocenters. The Morgan fingerprint density at radius 1 is 0.630 bits per heavy atom. The summed E-state index contributed by atoms with van der Waals surface area (Å²) >= 11 is 0. The molecule has 156 valence electrons. The van der Waals surface area contributed by atoms with Gasteiger partial charge in [-0.1, -0.05) is 121 Å². The van der Waals surface area contributed by atoms with Gasteiger partial charge in [0.05, 0.1) is 5.60 Å². The molecule has 0 saturated heterocycles. The Labute approximate surface area is 168 Å². The molecule has 0 aromatic heterocycles. The maximum atomic E-state index is 11.4. The van der Waals surface area contributed by atoms with E-state index in [1.54, 1.807) is 0 Å². The maximum Gasteiger partial charge on any atom is 0.0896 e. The molecule has 0 aliphatic rings. The van der Waals surface area contributed by atoms with E-state index >= 15 is 0 Å². The van der Waals surface area contributed by atoms with Gasteiger partial charge in [-0.2, -0.15) is 0 Å². The Hall–Kier alpha value is -0.860. The van der Waals surface area contributed by atoms with E-state index in [0.29, 0.717) is 6.61 Å². The molecule has 1 atom stereocenters. The fraction of sp³-hybridized carbons (Fsp3) is 0.760. The van der Waals surface area contributed by atoms with Crippen molar-refractivity contribution in [3.8, 4) is 0 Å². The molecule has 1 rings (SSSR count). The van der Waals surface area contributed by atoms with Gasteiger partial charge >= 0.3 is 0 Å². The topological polar surface area (TPSA) is 40.5 Å². The minimum atomic E-state index is -0.651. The average Bonchev–Trinajstić information content (AvgIpc) is 2.70. The van der Waals surface area contributed by atoms with Crippen molar-refractivity contribution in [1.29, 1.82) is 0 Å². The van der Waals surface area contributed by atoms with Crippen molar-refractivity contribution in [3.63, 3.8) is 0 Å². The molecule has 1 aromatic rings. The van der Waals surface area contributed by atoms with E-state index in [4.69, 9.17) is 5.11 Å². The van der Waals surface area contributed by atoms with E-state index in [1.165, 1.54) is 64.2 Å². The molecule has 0 spiro atoms. The van der Waals surface area contributed by atoms with Crippen molar-refractivity contribution >= 4 is 0 Å². The molecule has 27 heavy (non-hydrogen) atoms. The summed E-state index contributed by atoms with van der Waals surface area (Å²) in [5.74, 6) is 0. The van der Waals surface area contributed by atoms with Crippen molar-refractivity contribution in [2.24, 2.45) is 0 Å². The molecule has 0 fully saturated rings. The third kappa shape index (κ3) is 11.5. The van der Waals surface area contributed by atoms with Crippen molar-refractivity contribution in [1.82, 2.24) is 0 Å². The Kier molecular flexibility index (Phi) is 14.4. The summed E-state index contributed by atoms with van der Waals surface area (Å²) in [7, 11) is 0. The zero-order valence-corrected chi connectivity index (χ0v) is 17.8. The van der Waals surface area contributed by atoms with Crippen LogP contribution in [0.1, 0.15) is 115 Å². The Balaban J connectivity index is 2.32. The second-order valence-corrected chi connectivity index (χ2v) is 8.22. The van der Waals surface area contributed by atoms with E-state index in [-0.39, 0.29) is 0 Å². The predicted molar refractivity (Wildman–Crippen MR) is 117 cm³/mol. The highest BCUT2D eigenvalue weighted by Crippen LogP contribution is 2.33. The number of unbranched alkanes of at least 4 members (excludes halogenated alkanes) is 12. The number of benzene rings is 1. The van der Waals surface area contributed by atoms with Crippen LogP contribution in [-0.2, 0) is 5.60 Å². The van der Waals surface area contributed by atoms with Crippen LogP contribution in [0.4, 0.5) is 0 Å². The van der Waals surface area contributed by atoms with Crippen LogP contribution >= 0.6 is 0 Å². The molecule has 0 aliphatic heterocycles. The normalized spacial score (nSPS) is 13.6. The molecule has 0 aliphatic carbocycles. The molecule has 2 N–H and O–H groups in total. The van der Waals surface area contributed by atoms with E-state index in [0.717, 1.165) is 44.1 Å². The summed E-state index contributed by atoms with van der Waals surface area (Å²) in [4.78, 5) is 0. The SMILES string of the molecule is CCCCCCCCCC(O)(CCCCCCCCCO)c1ccccc1. The van der Waals surface area contributed by atoms with Crippen LogP contribution < -0.4 is 0 Å². The maximum absolute atomic E-state index is 11.4. The third-order valence-electron chi connectivity index (χ3n) is 5.75. The standard InChI is InChI=1S/C25H44O2/c1-2-3-4-5-7-10-16-21-25(27,24-19-14-13-15-20-24)22-17-11-8-6-9-12-18-23-26/h13-15,19-20,26-27H,2-12,16-18,21-23H2,1H3. The van der Waals surface area contributed by atoms with Gasteiger partial charge in [-0.25, -0.2) is 0 Å². The first-order valence-corrected chi connectivity index (χ1v) is 11.6. The third-order valence-corrected chi connectivity index (χ3v) is 5.75. The first kappa shape index (κ1) is 24.2. The molecule has 2 heteroatoms. The monoisotopic (exact) mass is 376 g/mol. The Morgan fingerprint density at radius 3 is 1.56 bits per heavy atom. The molecular weight excluding hydrogens is 332 g/mol. The lowest BCUT2D eigenvalue weighted by Gasteiger charge is -2.29. The summed E-state index contributed by atoms with van der Waals surface area (Å²) in [5.41, 5.74) is 0.445. The van der Waals surface area contributed by atoms with Crippen LogP contribution in [0.15, 0.2) is 30.3 Å². The smallest absolute Gasteiger partial charge is 0.0896 e. The number of hydrogen-bond acceptors (Lipinski definition) is 2. The second kappa shape index (κ2) is 16.1. The van der Waals surface area contributed by atoms with Gasteiger partial charge in [-0.15, -0.1) is 0 Å². The van der Waals surface area contributed by atoms with E-state index in [2.05, 4.69) is 19.1 Å². The highest BCUT2D eigenvalue weighted by Gasteiger charge is 2.27. The summed E-state index contributed by atoms with van der Waals surface area (Å²) in [6, 6.07) is 10.3. The van der Waals surface area contributed by atoms with Gasteiger partial charge in [0.25, 0.3) is 0 Å². The summed E-state index contributed by atoms with van der Waals surface area (Å²) in [6.07, 6.45) is 18.9. The molecule has 0 radical (unpaired) electrons. The first-order chi connectivity index (χ1) is 13.2. The van der Waals surface area contributed by atoms with Gasteiger partial charge in [0.1, 0.15) is 0 Å². The largest absolute Gasteiger partial charge is 0.396 e. The molecule has 2 nitrogen and oxygen atoms in total. The molecule has 0 amide bonds. The number of rotatable bonds is 18. The van der Waals surface area contributed by atoms with Crippen molar-refractivity contribution in [3.05, 3.63) is 35.9 Å². The molecular formula is C25H44O2. The lowest BCUT2D eigenvalue weighted by molar-refractivity contribution is 0.0132. The fourth-order valence-corrected chi connectivity index (χ4v) is 3.95. The first-order valence-electron chi connectivity index (χ1n) is 11.6. The van der Waals surface area contributed by atoms with Crippen LogP contribution in [0.3, 0.4) is 0 Å². The van der Waals surface area contributed by atoms with Gasteiger partial charge in [0.2, 0.25) is 0 Å². The zero-order valence-electron chi connectivity index (χ0n) is 17.8. The minimum absolute atomic E-state index is 0.322. The van der Waals surface area contributed by atoms with Gasteiger partial charge in [-0.05, 0) is 24.8 Å². The number of aliphatic hydroxyl groups is 2. The molecule has 0 bridgehead atoms. The molecule has 0 saturated carbocycles. The van der Waals surface area contributed by atoms with Crippen molar-refractivity contribution < 1.29 is 10.2 Å².